The Hall–Kier alpha value is -1.32. The van der Waals surface area contributed by atoms with E-state index in [1.54, 1.807) is 4.68 Å². The highest BCUT2D eigenvalue weighted by molar-refractivity contribution is 5.72. The van der Waals surface area contributed by atoms with E-state index in [0.717, 1.165) is 5.69 Å². The van der Waals surface area contributed by atoms with Crippen LogP contribution in [0, 0.1) is 13.1 Å². The van der Waals surface area contributed by atoms with Gasteiger partial charge in [-0.3, -0.25) is 9.48 Å². The monoisotopic (exact) mass is 166 g/mol. The maximum Gasteiger partial charge on any atom is 0.216 e. The molecule has 4 heteroatoms. The van der Waals surface area contributed by atoms with Crippen LogP contribution in [-0.4, -0.2) is 22.2 Å². The smallest absolute Gasteiger partial charge is 0.216 e. The van der Waals surface area contributed by atoms with E-state index in [9.17, 15) is 4.79 Å². The highest BCUT2D eigenvalue weighted by Crippen LogP contribution is 1.93. The Morgan fingerprint density at radius 2 is 2.58 bits per heavy atom. The van der Waals surface area contributed by atoms with E-state index in [1.165, 1.54) is 6.92 Å². The second kappa shape index (κ2) is 3.90. The van der Waals surface area contributed by atoms with Crippen LogP contribution < -0.4 is 5.32 Å². The van der Waals surface area contributed by atoms with Crippen molar-refractivity contribution in [3.05, 3.63) is 18.0 Å². The van der Waals surface area contributed by atoms with Crippen molar-refractivity contribution in [1.29, 1.82) is 0 Å². The molecule has 0 bridgehead atoms. The molecule has 1 radical (unpaired) electrons. The van der Waals surface area contributed by atoms with Gasteiger partial charge in [0.15, 0.2) is 0 Å². The van der Waals surface area contributed by atoms with Crippen molar-refractivity contribution in [3.63, 3.8) is 0 Å². The Bertz CT molecular complexity index is 267. The molecule has 0 fully saturated rings. The summed E-state index contributed by atoms with van der Waals surface area (Å²) >= 11 is 0. The molecule has 12 heavy (non-hydrogen) atoms. The molecule has 0 unspecified atom stereocenters. The van der Waals surface area contributed by atoms with Crippen LogP contribution in [0.1, 0.15) is 12.6 Å². The molecule has 1 N–H and O–H groups in total. The van der Waals surface area contributed by atoms with Crippen molar-refractivity contribution in [1.82, 2.24) is 15.1 Å². The topological polar surface area (TPSA) is 46.9 Å². The van der Waals surface area contributed by atoms with Gasteiger partial charge in [0.1, 0.15) is 6.20 Å². The molecule has 0 atom stereocenters. The largest absolute Gasteiger partial charge is 0.354 e. The van der Waals surface area contributed by atoms with E-state index in [4.69, 9.17) is 0 Å². The van der Waals surface area contributed by atoms with Crippen LogP contribution in [0.4, 0.5) is 0 Å². The summed E-state index contributed by atoms with van der Waals surface area (Å²) in [6.07, 6.45) is 2.74. The minimum Gasteiger partial charge on any atom is -0.354 e. The lowest BCUT2D eigenvalue weighted by atomic mass is 10.5. The first-order valence-corrected chi connectivity index (χ1v) is 3.85. The number of aromatic nitrogens is 2. The average Bonchev–Trinajstić information content (AvgIpc) is 2.36. The van der Waals surface area contributed by atoms with Crippen molar-refractivity contribution in [2.75, 3.05) is 6.54 Å². The SMILES string of the molecule is CC(=O)NCCn1n[c]cc1C. The summed E-state index contributed by atoms with van der Waals surface area (Å²) in [4.78, 5) is 10.5. The summed E-state index contributed by atoms with van der Waals surface area (Å²) in [5, 5.41) is 6.65. The number of hydrogen-bond acceptors (Lipinski definition) is 2. The fourth-order valence-electron chi connectivity index (χ4n) is 0.910. The number of carbonyl (C=O) groups is 1. The van der Waals surface area contributed by atoms with Gasteiger partial charge in [0.2, 0.25) is 5.91 Å². The van der Waals surface area contributed by atoms with E-state index < -0.39 is 0 Å². The molecule has 1 amide bonds. The Labute approximate surface area is 71.6 Å². The fourth-order valence-corrected chi connectivity index (χ4v) is 0.910. The predicted octanol–water partition coefficient (Wildman–Crippen LogP) is 0.128. The van der Waals surface area contributed by atoms with Crippen molar-refractivity contribution >= 4 is 5.91 Å². The highest BCUT2D eigenvalue weighted by atomic mass is 16.1. The number of hydrogen-bond donors (Lipinski definition) is 1. The number of aryl methyl sites for hydroxylation is 1. The second-order valence-electron chi connectivity index (χ2n) is 2.62. The summed E-state index contributed by atoms with van der Waals surface area (Å²) < 4.78 is 1.80. The quantitative estimate of drug-likeness (QED) is 0.693. The average molecular weight is 166 g/mol. The van der Waals surface area contributed by atoms with Crippen molar-refractivity contribution in [3.8, 4) is 0 Å². The third-order valence-corrected chi connectivity index (χ3v) is 1.56. The van der Waals surface area contributed by atoms with Gasteiger partial charge in [0, 0.05) is 19.2 Å². The fraction of sp³-hybridized carbons (Fsp3) is 0.500. The summed E-state index contributed by atoms with van der Waals surface area (Å²) in [7, 11) is 0. The summed E-state index contributed by atoms with van der Waals surface area (Å²) in [5.41, 5.74) is 1.06. The zero-order chi connectivity index (χ0) is 8.97. The Balaban J connectivity index is 2.33. The molecule has 0 saturated carbocycles. The third kappa shape index (κ3) is 2.38. The van der Waals surface area contributed by atoms with Gasteiger partial charge in [-0.25, -0.2) is 0 Å². The molecule has 4 nitrogen and oxygen atoms in total. The first-order chi connectivity index (χ1) is 5.70. The standard InChI is InChI=1S/C8H12N3O/c1-7-3-4-10-11(7)6-5-9-8(2)12/h3H,5-6H2,1-2H3,(H,9,12). The summed E-state index contributed by atoms with van der Waals surface area (Å²) in [6, 6.07) is 1.81. The maximum absolute atomic E-state index is 10.5. The highest BCUT2D eigenvalue weighted by Gasteiger charge is 1.96. The molecule has 0 spiro atoms. The molecular weight excluding hydrogens is 154 g/mol. The van der Waals surface area contributed by atoms with E-state index in [2.05, 4.69) is 16.6 Å². The molecule has 1 rings (SSSR count). The Morgan fingerprint density at radius 3 is 3.08 bits per heavy atom. The van der Waals surface area contributed by atoms with E-state index >= 15 is 0 Å². The van der Waals surface area contributed by atoms with Crippen LogP contribution in [0.25, 0.3) is 0 Å². The number of rotatable bonds is 3. The molecule has 0 aliphatic carbocycles. The molecule has 0 aromatic carbocycles. The van der Waals surface area contributed by atoms with Gasteiger partial charge in [-0.1, -0.05) is 0 Å². The predicted molar refractivity (Wildman–Crippen MR) is 44.5 cm³/mol. The molecule has 0 saturated heterocycles. The molecule has 65 valence electrons. The number of amides is 1. The van der Waals surface area contributed by atoms with Gasteiger partial charge in [0.25, 0.3) is 0 Å². The van der Waals surface area contributed by atoms with Gasteiger partial charge >= 0.3 is 0 Å². The van der Waals surface area contributed by atoms with Crippen molar-refractivity contribution in [2.24, 2.45) is 0 Å². The first kappa shape index (κ1) is 8.77. The van der Waals surface area contributed by atoms with Gasteiger partial charge in [0.05, 0.1) is 6.54 Å². The van der Waals surface area contributed by atoms with Crippen LogP contribution in [0.15, 0.2) is 6.07 Å². The molecule has 1 aromatic rings. The maximum atomic E-state index is 10.5. The molecule has 1 aromatic heterocycles. The van der Waals surface area contributed by atoms with Gasteiger partial charge in [-0.2, -0.15) is 5.10 Å². The number of nitrogens with zero attached hydrogens (tertiary/aromatic N) is 2. The molecule has 1 heterocycles. The van der Waals surface area contributed by atoms with Crippen LogP contribution in [0.5, 0.6) is 0 Å². The number of nitrogens with one attached hydrogen (secondary N) is 1. The second-order valence-corrected chi connectivity index (χ2v) is 2.62. The summed E-state index contributed by atoms with van der Waals surface area (Å²) in [6.45, 7) is 4.78. The van der Waals surface area contributed by atoms with Crippen molar-refractivity contribution in [2.45, 2.75) is 20.4 Å². The lowest BCUT2D eigenvalue weighted by Gasteiger charge is -2.03. The van der Waals surface area contributed by atoms with E-state index in [1.807, 2.05) is 13.0 Å². The van der Waals surface area contributed by atoms with Crippen LogP contribution in [-0.2, 0) is 11.3 Å². The van der Waals surface area contributed by atoms with Gasteiger partial charge in [-0.15, -0.1) is 0 Å². The zero-order valence-electron chi connectivity index (χ0n) is 7.29. The van der Waals surface area contributed by atoms with E-state index in [-0.39, 0.29) is 5.91 Å². The zero-order valence-corrected chi connectivity index (χ0v) is 7.29. The molecular formula is C8H12N3O. The third-order valence-electron chi connectivity index (χ3n) is 1.56. The first-order valence-electron chi connectivity index (χ1n) is 3.85. The van der Waals surface area contributed by atoms with Crippen LogP contribution >= 0.6 is 0 Å². The Morgan fingerprint density at radius 1 is 1.83 bits per heavy atom. The summed E-state index contributed by atoms with van der Waals surface area (Å²) in [5.74, 6) is -0.0104. The lowest BCUT2D eigenvalue weighted by molar-refractivity contribution is -0.118. The van der Waals surface area contributed by atoms with Crippen LogP contribution in [0.2, 0.25) is 0 Å². The normalized spacial score (nSPS) is 9.83. The number of carbonyl (C=O) groups excluding carboxylic acids is 1. The lowest BCUT2D eigenvalue weighted by Crippen LogP contribution is -2.25. The molecule has 0 aliphatic rings. The minimum absolute atomic E-state index is 0.0104. The van der Waals surface area contributed by atoms with E-state index in [0.29, 0.717) is 13.1 Å². The Kier molecular flexibility index (Phi) is 2.85. The van der Waals surface area contributed by atoms with Crippen LogP contribution in [0.3, 0.4) is 0 Å². The van der Waals surface area contributed by atoms with Gasteiger partial charge in [-0.05, 0) is 13.0 Å². The minimum atomic E-state index is -0.0104. The van der Waals surface area contributed by atoms with Gasteiger partial charge < -0.3 is 5.32 Å². The van der Waals surface area contributed by atoms with Crippen molar-refractivity contribution < 1.29 is 4.79 Å². The molecule has 0 aliphatic heterocycles.